The standard InChI is InChI=1S/C10H15N3S/c1-2-7-14-9(4-1)8-11-10-5-3-6-12-13-10/h3,5-6,9H,1-2,4,7-8H2,(H,11,13). The number of hydrogen-bond donors (Lipinski definition) is 1. The van der Waals surface area contributed by atoms with Gasteiger partial charge in [-0.05, 0) is 30.7 Å². The van der Waals surface area contributed by atoms with E-state index >= 15 is 0 Å². The second-order valence-electron chi connectivity index (χ2n) is 3.48. The molecule has 0 aliphatic carbocycles. The zero-order valence-corrected chi connectivity index (χ0v) is 8.96. The van der Waals surface area contributed by atoms with Crippen LogP contribution in [-0.2, 0) is 0 Å². The number of nitrogens with one attached hydrogen (secondary N) is 1. The summed E-state index contributed by atoms with van der Waals surface area (Å²) in [6, 6.07) is 3.86. The highest BCUT2D eigenvalue weighted by Crippen LogP contribution is 2.24. The van der Waals surface area contributed by atoms with E-state index in [0.29, 0.717) is 0 Å². The molecule has 1 aliphatic heterocycles. The fraction of sp³-hybridized carbons (Fsp3) is 0.600. The van der Waals surface area contributed by atoms with Crippen LogP contribution >= 0.6 is 11.8 Å². The van der Waals surface area contributed by atoms with Crippen LogP contribution in [0, 0.1) is 0 Å². The molecule has 2 heterocycles. The van der Waals surface area contributed by atoms with Crippen LogP contribution in [0.1, 0.15) is 19.3 Å². The molecule has 1 N–H and O–H groups in total. The van der Waals surface area contributed by atoms with Gasteiger partial charge in [-0.25, -0.2) is 0 Å². The molecule has 1 aliphatic rings. The second-order valence-corrected chi connectivity index (χ2v) is 4.89. The zero-order valence-electron chi connectivity index (χ0n) is 8.15. The van der Waals surface area contributed by atoms with Crippen LogP contribution < -0.4 is 5.32 Å². The van der Waals surface area contributed by atoms with E-state index in [-0.39, 0.29) is 0 Å². The molecule has 0 bridgehead atoms. The summed E-state index contributed by atoms with van der Waals surface area (Å²) < 4.78 is 0. The summed E-state index contributed by atoms with van der Waals surface area (Å²) in [4.78, 5) is 0. The second kappa shape index (κ2) is 5.20. The molecule has 0 amide bonds. The van der Waals surface area contributed by atoms with Crippen LogP contribution in [0.2, 0.25) is 0 Å². The number of rotatable bonds is 3. The van der Waals surface area contributed by atoms with Gasteiger partial charge in [0.15, 0.2) is 0 Å². The Morgan fingerprint density at radius 1 is 1.50 bits per heavy atom. The molecule has 1 aromatic rings. The Balaban J connectivity index is 1.76. The Hall–Kier alpha value is -0.770. The third-order valence-electron chi connectivity index (χ3n) is 2.36. The van der Waals surface area contributed by atoms with Crippen LogP contribution in [-0.4, -0.2) is 27.7 Å². The maximum absolute atomic E-state index is 3.99. The average Bonchev–Trinajstić information content (AvgIpc) is 2.29. The van der Waals surface area contributed by atoms with Gasteiger partial charge in [-0.2, -0.15) is 16.9 Å². The van der Waals surface area contributed by atoms with Gasteiger partial charge in [0.05, 0.1) is 0 Å². The number of thioether (sulfide) groups is 1. The molecular weight excluding hydrogens is 194 g/mol. The number of nitrogens with zero attached hydrogens (tertiary/aromatic N) is 2. The lowest BCUT2D eigenvalue weighted by Gasteiger charge is -2.21. The summed E-state index contributed by atoms with van der Waals surface area (Å²) in [5.41, 5.74) is 0. The minimum atomic E-state index is 0.755. The molecule has 0 spiro atoms. The van der Waals surface area contributed by atoms with E-state index in [1.807, 2.05) is 12.1 Å². The molecule has 1 aromatic heterocycles. The molecule has 0 radical (unpaired) electrons. The molecule has 0 aromatic carbocycles. The SMILES string of the molecule is c1cnnc(NCC2CCCCS2)c1. The fourth-order valence-electron chi connectivity index (χ4n) is 1.58. The van der Waals surface area contributed by atoms with Gasteiger partial charge in [0.25, 0.3) is 0 Å². The van der Waals surface area contributed by atoms with Crippen LogP contribution in [0.3, 0.4) is 0 Å². The summed E-state index contributed by atoms with van der Waals surface area (Å²) in [6.45, 7) is 1.02. The molecule has 1 saturated heterocycles. The number of hydrogen-bond acceptors (Lipinski definition) is 4. The van der Waals surface area contributed by atoms with Crippen molar-refractivity contribution >= 4 is 17.6 Å². The quantitative estimate of drug-likeness (QED) is 0.828. The fourth-order valence-corrected chi connectivity index (χ4v) is 2.82. The van der Waals surface area contributed by atoms with Crippen LogP contribution in [0.5, 0.6) is 0 Å². The Kier molecular flexibility index (Phi) is 3.63. The van der Waals surface area contributed by atoms with Crippen molar-refractivity contribution in [1.29, 1.82) is 0 Å². The van der Waals surface area contributed by atoms with Gasteiger partial charge in [0, 0.05) is 18.0 Å². The average molecular weight is 209 g/mol. The predicted octanol–water partition coefficient (Wildman–Crippen LogP) is 2.17. The van der Waals surface area contributed by atoms with Gasteiger partial charge < -0.3 is 5.32 Å². The first-order valence-electron chi connectivity index (χ1n) is 5.08. The predicted molar refractivity (Wildman–Crippen MR) is 60.6 cm³/mol. The highest BCUT2D eigenvalue weighted by Gasteiger charge is 2.13. The third kappa shape index (κ3) is 2.87. The normalized spacial score (nSPS) is 21.9. The first-order valence-corrected chi connectivity index (χ1v) is 6.13. The molecule has 4 heteroatoms. The van der Waals surface area contributed by atoms with Crippen LogP contribution in [0.25, 0.3) is 0 Å². The van der Waals surface area contributed by atoms with Gasteiger partial charge in [-0.15, -0.1) is 5.10 Å². The summed E-state index contributed by atoms with van der Waals surface area (Å²) in [5.74, 6) is 2.20. The zero-order chi connectivity index (χ0) is 9.64. The lowest BCUT2D eigenvalue weighted by atomic mass is 10.2. The largest absolute Gasteiger partial charge is 0.367 e. The van der Waals surface area contributed by atoms with E-state index < -0.39 is 0 Å². The van der Waals surface area contributed by atoms with E-state index in [1.165, 1.54) is 25.0 Å². The highest BCUT2D eigenvalue weighted by molar-refractivity contribution is 7.99. The lowest BCUT2D eigenvalue weighted by Crippen LogP contribution is -2.20. The maximum Gasteiger partial charge on any atom is 0.148 e. The summed E-state index contributed by atoms with van der Waals surface area (Å²) in [6.07, 6.45) is 5.78. The van der Waals surface area contributed by atoms with Crippen molar-refractivity contribution in [2.45, 2.75) is 24.5 Å². The van der Waals surface area contributed by atoms with Crippen molar-refractivity contribution in [3.63, 3.8) is 0 Å². The first-order chi connectivity index (χ1) is 6.95. The van der Waals surface area contributed by atoms with Gasteiger partial charge in [-0.1, -0.05) is 6.42 Å². The van der Waals surface area contributed by atoms with Crippen molar-refractivity contribution in [3.05, 3.63) is 18.3 Å². The van der Waals surface area contributed by atoms with E-state index in [1.54, 1.807) is 6.20 Å². The maximum atomic E-state index is 3.99. The molecular formula is C10H15N3S. The Morgan fingerprint density at radius 2 is 2.50 bits per heavy atom. The molecule has 0 saturated carbocycles. The van der Waals surface area contributed by atoms with Crippen molar-refractivity contribution in [1.82, 2.24) is 10.2 Å². The van der Waals surface area contributed by atoms with Crippen molar-refractivity contribution in [2.24, 2.45) is 0 Å². The van der Waals surface area contributed by atoms with Crippen molar-refractivity contribution < 1.29 is 0 Å². The minimum absolute atomic E-state index is 0.755. The van der Waals surface area contributed by atoms with E-state index in [4.69, 9.17) is 0 Å². The molecule has 3 nitrogen and oxygen atoms in total. The monoisotopic (exact) mass is 209 g/mol. The van der Waals surface area contributed by atoms with Gasteiger partial charge in [-0.3, -0.25) is 0 Å². The Bertz CT molecular complexity index is 259. The van der Waals surface area contributed by atoms with Gasteiger partial charge >= 0.3 is 0 Å². The van der Waals surface area contributed by atoms with Crippen molar-refractivity contribution in [2.75, 3.05) is 17.6 Å². The smallest absolute Gasteiger partial charge is 0.148 e. The molecule has 1 unspecified atom stereocenters. The summed E-state index contributed by atoms with van der Waals surface area (Å²) in [7, 11) is 0. The topological polar surface area (TPSA) is 37.8 Å². The third-order valence-corrected chi connectivity index (χ3v) is 3.76. The Morgan fingerprint density at radius 3 is 3.21 bits per heavy atom. The van der Waals surface area contributed by atoms with Gasteiger partial charge in [0.1, 0.15) is 5.82 Å². The highest BCUT2D eigenvalue weighted by atomic mass is 32.2. The van der Waals surface area contributed by atoms with Crippen LogP contribution in [0.15, 0.2) is 18.3 Å². The minimum Gasteiger partial charge on any atom is -0.367 e. The number of aromatic nitrogens is 2. The van der Waals surface area contributed by atoms with Gasteiger partial charge in [0.2, 0.25) is 0 Å². The molecule has 2 rings (SSSR count). The molecule has 1 fully saturated rings. The van der Waals surface area contributed by atoms with Crippen molar-refractivity contribution in [3.8, 4) is 0 Å². The summed E-state index contributed by atoms with van der Waals surface area (Å²) in [5, 5.41) is 11.9. The van der Waals surface area contributed by atoms with Crippen LogP contribution in [0.4, 0.5) is 5.82 Å². The molecule has 14 heavy (non-hydrogen) atoms. The molecule has 76 valence electrons. The molecule has 1 atom stereocenters. The number of anilines is 1. The Labute approximate surface area is 88.7 Å². The van der Waals surface area contributed by atoms with E-state index in [2.05, 4.69) is 27.3 Å². The summed E-state index contributed by atoms with van der Waals surface area (Å²) >= 11 is 2.07. The first kappa shape index (κ1) is 9.77. The lowest BCUT2D eigenvalue weighted by molar-refractivity contribution is 0.676. The van der Waals surface area contributed by atoms with E-state index in [9.17, 15) is 0 Å². The van der Waals surface area contributed by atoms with E-state index in [0.717, 1.165) is 17.6 Å².